The fraction of sp³-hybridized carbons (Fsp3) is 0.478. The van der Waals surface area contributed by atoms with Gasteiger partial charge in [-0.15, -0.1) is 0 Å². The third-order valence-corrected chi connectivity index (χ3v) is 5.32. The number of rotatable bonds is 8. The molecule has 0 aromatic heterocycles. The Kier molecular flexibility index (Phi) is 6.35. The molecule has 28 heavy (non-hydrogen) atoms. The highest BCUT2D eigenvalue weighted by Crippen LogP contribution is 2.32. The Morgan fingerprint density at radius 1 is 1.04 bits per heavy atom. The summed E-state index contributed by atoms with van der Waals surface area (Å²) in [5, 5.41) is 8.00. The highest BCUT2D eigenvalue weighted by atomic mass is 16.2. The molecule has 1 fully saturated rings. The Labute approximate surface area is 167 Å². The number of nitrogens with one attached hydrogen (secondary N) is 2. The Hall–Kier alpha value is -2.40. The number of nitrogens with zero attached hydrogens (tertiary/aromatic N) is 1. The number of hydrogen-bond donors (Lipinski definition) is 2. The van der Waals surface area contributed by atoms with Gasteiger partial charge in [0.15, 0.2) is 0 Å². The van der Waals surface area contributed by atoms with Gasteiger partial charge in [0.25, 0.3) is 5.91 Å². The summed E-state index contributed by atoms with van der Waals surface area (Å²) in [6.45, 7) is 10.0. The van der Waals surface area contributed by atoms with Gasteiger partial charge in [0.2, 0.25) is 5.91 Å². The van der Waals surface area contributed by atoms with Crippen LogP contribution in [0.1, 0.15) is 50.9 Å². The molecule has 0 bridgehead atoms. The molecule has 1 aliphatic carbocycles. The van der Waals surface area contributed by atoms with Gasteiger partial charge in [0, 0.05) is 31.1 Å². The molecule has 3 rings (SSSR count). The number of amides is 2. The fourth-order valence-electron chi connectivity index (χ4n) is 3.62. The number of hydrogen-bond acceptors (Lipinski definition) is 3. The van der Waals surface area contributed by atoms with Crippen LogP contribution >= 0.6 is 0 Å². The normalized spacial score (nSPS) is 14.1. The molecule has 0 aliphatic heterocycles. The molecule has 2 amide bonds. The van der Waals surface area contributed by atoms with Crippen LogP contribution in [0, 0.1) is 5.92 Å². The molecule has 2 aromatic rings. The van der Waals surface area contributed by atoms with Gasteiger partial charge < -0.3 is 10.6 Å². The monoisotopic (exact) mass is 381 g/mol. The van der Waals surface area contributed by atoms with Crippen molar-refractivity contribution in [3.63, 3.8) is 0 Å². The van der Waals surface area contributed by atoms with E-state index in [0.717, 1.165) is 30.2 Å². The van der Waals surface area contributed by atoms with Crippen LogP contribution in [-0.2, 0) is 4.79 Å². The minimum Gasteiger partial charge on any atom is -0.351 e. The average Bonchev–Trinajstić information content (AvgIpc) is 3.49. The molecule has 1 aliphatic rings. The molecule has 150 valence electrons. The molecule has 0 heterocycles. The smallest absolute Gasteiger partial charge is 0.253 e. The molecule has 2 N–H and O–H groups in total. The predicted octanol–water partition coefficient (Wildman–Crippen LogP) is 4.04. The molecule has 5 heteroatoms. The first kappa shape index (κ1) is 20.3. The van der Waals surface area contributed by atoms with E-state index in [4.69, 9.17) is 0 Å². The second kappa shape index (κ2) is 8.74. The Bertz CT molecular complexity index is 848. The van der Waals surface area contributed by atoms with Crippen LogP contribution in [0.2, 0.25) is 0 Å². The number of fused-ring (bicyclic) bond motifs is 1. The van der Waals surface area contributed by atoms with Crippen molar-refractivity contribution >= 4 is 28.3 Å². The summed E-state index contributed by atoms with van der Waals surface area (Å²) < 4.78 is 0. The van der Waals surface area contributed by atoms with E-state index in [1.54, 1.807) is 0 Å². The fourth-order valence-corrected chi connectivity index (χ4v) is 3.62. The lowest BCUT2D eigenvalue weighted by atomic mass is 10.0. The van der Waals surface area contributed by atoms with Gasteiger partial charge >= 0.3 is 0 Å². The predicted molar refractivity (Wildman–Crippen MR) is 115 cm³/mol. The maximum atomic E-state index is 12.9. The number of carbonyl (C=O) groups is 2. The highest BCUT2D eigenvalue weighted by Gasteiger charge is 2.30. The third-order valence-electron chi connectivity index (χ3n) is 5.32. The first-order chi connectivity index (χ1) is 13.4. The second-order valence-electron chi connectivity index (χ2n) is 8.19. The van der Waals surface area contributed by atoms with Crippen molar-refractivity contribution in [3.05, 3.63) is 42.0 Å². The first-order valence-corrected chi connectivity index (χ1v) is 10.2. The summed E-state index contributed by atoms with van der Waals surface area (Å²) >= 11 is 0. The van der Waals surface area contributed by atoms with Crippen LogP contribution in [0.15, 0.2) is 36.4 Å². The van der Waals surface area contributed by atoms with Gasteiger partial charge in [-0.3, -0.25) is 14.5 Å². The largest absolute Gasteiger partial charge is 0.351 e. The molecule has 0 radical (unpaired) electrons. The minimum absolute atomic E-state index is 0.00937. The van der Waals surface area contributed by atoms with Crippen molar-refractivity contribution in [2.24, 2.45) is 5.92 Å². The number of benzene rings is 2. The third kappa shape index (κ3) is 4.90. The molecule has 0 unspecified atom stereocenters. The van der Waals surface area contributed by atoms with Gasteiger partial charge in [0.1, 0.15) is 0 Å². The Morgan fingerprint density at radius 3 is 2.21 bits per heavy atom. The molecule has 5 nitrogen and oxygen atoms in total. The van der Waals surface area contributed by atoms with E-state index in [1.165, 1.54) is 0 Å². The van der Waals surface area contributed by atoms with E-state index in [9.17, 15) is 9.59 Å². The summed E-state index contributed by atoms with van der Waals surface area (Å²) in [4.78, 5) is 27.5. The minimum atomic E-state index is -0.149. The lowest BCUT2D eigenvalue weighted by Crippen LogP contribution is -2.42. The van der Waals surface area contributed by atoms with Crippen LogP contribution in [0.3, 0.4) is 0 Å². The van der Waals surface area contributed by atoms with Crippen LogP contribution in [0.4, 0.5) is 5.69 Å². The van der Waals surface area contributed by atoms with E-state index < -0.39 is 0 Å². The summed E-state index contributed by atoms with van der Waals surface area (Å²) in [5.41, 5.74) is 1.12. The Balaban J connectivity index is 1.77. The van der Waals surface area contributed by atoms with E-state index >= 15 is 0 Å². The van der Waals surface area contributed by atoms with Gasteiger partial charge in [0.05, 0.1) is 11.3 Å². The van der Waals surface area contributed by atoms with Crippen molar-refractivity contribution in [1.82, 2.24) is 10.2 Å². The number of carbonyl (C=O) groups excluding carboxylic acids is 2. The second-order valence-corrected chi connectivity index (χ2v) is 8.19. The maximum absolute atomic E-state index is 12.9. The SMILES string of the molecule is CC(C)N(CCNC(=O)c1cc2ccccc2cc1NC(=O)C1CC1)C(C)C. The van der Waals surface area contributed by atoms with Crippen molar-refractivity contribution in [3.8, 4) is 0 Å². The zero-order valence-electron chi connectivity index (χ0n) is 17.3. The summed E-state index contributed by atoms with van der Waals surface area (Å²) in [6, 6.07) is 12.5. The molecule has 0 atom stereocenters. The average molecular weight is 382 g/mol. The van der Waals surface area contributed by atoms with Crippen LogP contribution in [0.5, 0.6) is 0 Å². The molecular weight excluding hydrogens is 350 g/mol. The van der Waals surface area contributed by atoms with Crippen LogP contribution in [-0.4, -0.2) is 41.9 Å². The molecule has 0 spiro atoms. The first-order valence-electron chi connectivity index (χ1n) is 10.2. The van der Waals surface area contributed by atoms with E-state index in [2.05, 4.69) is 43.2 Å². The van der Waals surface area contributed by atoms with Gasteiger partial charge in [-0.2, -0.15) is 0 Å². The van der Waals surface area contributed by atoms with E-state index in [-0.39, 0.29) is 17.7 Å². The zero-order valence-corrected chi connectivity index (χ0v) is 17.3. The molecular formula is C23H31N3O2. The topological polar surface area (TPSA) is 61.4 Å². The summed E-state index contributed by atoms with van der Waals surface area (Å²) in [6.07, 6.45) is 1.86. The highest BCUT2D eigenvalue weighted by molar-refractivity contribution is 6.08. The number of anilines is 1. The summed E-state index contributed by atoms with van der Waals surface area (Å²) in [7, 11) is 0. The van der Waals surface area contributed by atoms with Crippen LogP contribution in [0.25, 0.3) is 10.8 Å². The zero-order chi connectivity index (χ0) is 20.3. The summed E-state index contributed by atoms with van der Waals surface area (Å²) in [5.74, 6) is -0.0487. The lowest BCUT2D eigenvalue weighted by molar-refractivity contribution is -0.117. The molecule has 0 saturated heterocycles. The van der Waals surface area contributed by atoms with Crippen LogP contribution < -0.4 is 10.6 Å². The molecule has 1 saturated carbocycles. The molecule has 2 aromatic carbocycles. The Morgan fingerprint density at radius 2 is 1.64 bits per heavy atom. The van der Waals surface area contributed by atoms with Crippen molar-refractivity contribution < 1.29 is 9.59 Å². The van der Waals surface area contributed by atoms with Crippen molar-refractivity contribution in [2.75, 3.05) is 18.4 Å². The van der Waals surface area contributed by atoms with Gasteiger partial charge in [-0.25, -0.2) is 0 Å². The van der Waals surface area contributed by atoms with Crippen molar-refractivity contribution in [2.45, 2.75) is 52.6 Å². The van der Waals surface area contributed by atoms with Gasteiger partial charge in [-0.1, -0.05) is 24.3 Å². The van der Waals surface area contributed by atoms with Gasteiger partial charge in [-0.05, 0) is 63.4 Å². The van der Waals surface area contributed by atoms with E-state index in [1.807, 2.05) is 36.4 Å². The van der Waals surface area contributed by atoms with E-state index in [0.29, 0.717) is 29.9 Å². The standard InChI is InChI=1S/C23H31N3O2/c1-15(2)26(16(3)4)12-11-24-23(28)20-13-18-7-5-6-8-19(18)14-21(20)25-22(27)17-9-10-17/h5-8,13-17H,9-12H2,1-4H3,(H,24,28)(H,25,27). The van der Waals surface area contributed by atoms with Crippen molar-refractivity contribution in [1.29, 1.82) is 0 Å². The quantitative estimate of drug-likeness (QED) is 0.725. The maximum Gasteiger partial charge on any atom is 0.253 e. The lowest BCUT2D eigenvalue weighted by Gasteiger charge is -2.30.